The Kier molecular flexibility index (Phi) is 6.42. The van der Waals surface area contributed by atoms with Gasteiger partial charge in [-0.25, -0.2) is 4.39 Å². The van der Waals surface area contributed by atoms with Crippen LogP contribution in [0.1, 0.15) is 19.4 Å². The Bertz CT molecular complexity index is 458. The van der Waals surface area contributed by atoms with Crippen molar-refractivity contribution >= 4 is 11.6 Å². The Hall–Kier alpha value is -0.680. The van der Waals surface area contributed by atoms with Crippen LogP contribution >= 0.6 is 11.6 Å². The van der Waals surface area contributed by atoms with Gasteiger partial charge in [0.2, 0.25) is 0 Å². The topological polar surface area (TPSA) is 24.5 Å². The molecule has 2 rings (SSSR count). The van der Waals surface area contributed by atoms with Crippen molar-refractivity contribution < 1.29 is 9.13 Å². The minimum absolute atomic E-state index is 0.0806. The molecule has 0 saturated carbocycles. The van der Waals surface area contributed by atoms with Crippen LogP contribution in [0, 0.1) is 5.82 Å². The van der Waals surface area contributed by atoms with E-state index in [0.717, 1.165) is 32.8 Å². The van der Waals surface area contributed by atoms with E-state index in [4.69, 9.17) is 16.3 Å². The Balaban J connectivity index is 2.09. The molecule has 1 aromatic carbocycles. The predicted molar refractivity (Wildman–Crippen MR) is 84.4 cm³/mol. The Morgan fingerprint density at radius 1 is 1.48 bits per heavy atom. The van der Waals surface area contributed by atoms with Crippen molar-refractivity contribution in [3.8, 4) is 0 Å². The zero-order chi connectivity index (χ0) is 15.2. The summed E-state index contributed by atoms with van der Waals surface area (Å²) in [5.41, 5.74) is 0.644. The molecule has 2 atom stereocenters. The molecule has 118 valence electrons. The fourth-order valence-electron chi connectivity index (χ4n) is 2.80. The number of rotatable bonds is 6. The van der Waals surface area contributed by atoms with Gasteiger partial charge in [0.15, 0.2) is 0 Å². The number of ether oxygens (including phenoxy) is 1. The Labute approximate surface area is 131 Å². The largest absolute Gasteiger partial charge is 0.374 e. The summed E-state index contributed by atoms with van der Waals surface area (Å²) in [5, 5.41) is 3.61. The molecule has 1 N–H and O–H groups in total. The summed E-state index contributed by atoms with van der Waals surface area (Å²) >= 11 is 5.87. The summed E-state index contributed by atoms with van der Waals surface area (Å²) in [6, 6.07) is 5.27. The fourth-order valence-corrected chi connectivity index (χ4v) is 3.00. The molecule has 0 radical (unpaired) electrons. The summed E-state index contributed by atoms with van der Waals surface area (Å²) in [7, 11) is 0. The third-order valence-corrected chi connectivity index (χ3v) is 4.30. The van der Waals surface area contributed by atoms with E-state index in [0.29, 0.717) is 12.0 Å². The van der Waals surface area contributed by atoms with Crippen LogP contribution in [0.5, 0.6) is 0 Å². The predicted octanol–water partition coefficient (Wildman–Crippen LogP) is 2.72. The molecule has 0 aromatic heterocycles. The molecule has 3 nitrogen and oxygen atoms in total. The monoisotopic (exact) mass is 314 g/mol. The third-order valence-electron chi connectivity index (χ3n) is 4.01. The van der Waals surface area contributed by atoms with Crippen molar-refractivity contribution in [3.63, 3.8) is 0 Å². The zero-order valence-corrected chi connectivity index (χ0v) is 13.5. The van der Waals surface area contributed by atoms with Gasteiger partial charge in [0, 0.05) is 19.1 Å². The fraction of sp³-hybridized carbons (Fsp3) is 0.625. The molecule has 1 saturated heterocycles. The van der Waals surface area contributed by atoms with Gasteiger partial charge in [0.1, 0.15) is 5.82 Å². The molecule has 2 unspecified atom stereocenters. The molecule has 1 aromatic rings. The Morgan fingerprint density at radius 3 is 3.00 bits per heavy atom. The second-order valence-electron chi connectivity index (χ2n) is 5.38. The molecule has 0 amide bonds. The quantitative estimate of drug-likeness (QED) is 0.874. The van der Waals surface area contributed by atoms with Gasteiger partial charge in [-0.2, -0.15) is 0 Å². The minimum atomic E-state index is -0.315. The van der Waals surface area contributed by atoms with Crippen LogP contribution in [0.2, 0.25) is 5.02 Å². The number of morpholine rings is 1. The second-order valence-corrected chi connectivity index (χ2v) is 5.79. The molecule has 1 heterocycles. The second kappa shape index (κ2) is 8.08. The smallest absolute Gasteiger partial charge is 0.145 e. The van der Waals surface area contributed by atoms with Gasteiger partial charge in [-0.05, 0) is 31.1 Å². The number of hydrogen-bond donors (Lipinski definition) is 1. The lowest BCUT2D eigenvalue weighted by Gasteiger charge is -2.37. The molecule has 0 spiro atoms. The van der Waals surface area contributed by atoms with Crippen LogP contribution in [0.3, 0.4) is 0 Å². The molecule has 21 heavy (non-hydrogen) atoms. The molecule has 0 bridgehead atoms. The maximum atomic E-state index is 14.1. The van der Waals surface area contributed by atoms with Crippen molar-refractivity contribution in [2.75, 3.05) is 32.8 Å². The van der Waals surface area contributed by atoms with E-state index in [1.807, 2.05) is 0 Å². The minimum Gasteiger partial charge on any atom is -0.374 e. The summed E-state index contributed by atoms with van der Waals surface area (Å²) in [5.74, 6) is -0.315. The van der Waals surface area contributed by atoms with Gasteiger partial charge in [0.25, 0.3) is 0 Å². The van der Waals surface area contributed by atoms with E-state index in [1.165, 1.54) is 0 Å². The first-order valence-corrected chi connectivity index (χ1v) is 8.03. The summed E-state index contributed by atoms with van der Waals surface area (Å²) in [6.07, 6.45) is 0.666. The van der Waals surface area contributed by atoms with E-state index in [2.05, 4.69) is 24.1 Å². The normalized spacial score (nSPS) is 21.4. The van der Waals surface area contributed by atoms with Crippen LogP contribution in [0.15, 0.2) is 18.2 Å². The summed E-state index contributed by atoms with van der Waals surface area (Å²) in [4.78, 5) is 2.37. The maximum Gasteiger partial charge on any atom is 0.145 e. The lowest BCUT2D eigenvalue weighted by molar-refractivity contribution is -0.0446. The first kappa shape index (κ1) is 16.7. The average molecular weight is 315 g/mol. The van der Waals surface area contributed by atoms with Crippen LogP contribution in [0.4, 0.5) is 4.39 Å². The summed E-state index contributed by atoms with van der Waals surface area (Å²) < 4.78 is 20.0. The van der Waals surface area contributed by atoms with E-state index in [9.17, 15) is 4.39 Å². The highest BCUT2D eigenvalue weighted by atomic mass is 35.5. The average Bonchev–Trinajstić information content (AvgIpc) is 2.51. The Morgan fingerprint density at radius 2 is 2.29 bits per heavy atom. The first-order valence-electron chi connectivity index (χ1n) is 7.65. The molecular weight excluding hydrogens is 291 g/mol. The zero-order valence-electron chi connectivity index (χ0n) is 12.7. The van der Waals surface area contributed by atoms with Gasteiger partial charge >= 0.3 is 0 Å². The van der Waals surface area contributed by atoms with Crippen molar-refractivity contribution in [2.45, 2.75) is 32.4 Å². The number of nitrogens with zero attached hydrogens (tertiary/aromatic N) is 1. The van der Waals surface area contributed by atoms with Gasteiger partial charge in [-0.1, -0.05) is 37.6 Å². The molecule has 5 heteroatoms. The van der Waals surface area contributed by atoms with Crippen molar-refractivity contribution in [2.24, 2.45) is 0 Å². The van der Waals surface area contributed by atoms with E-state index < -0.39 is 0 Å². The molecule has 1 aliphatic heterocycles. The highest BCUT2D eigenvalue weighted by molar-refractivity contribution is 6.30. The third kappa shape index (κ3) is 4.39. The van der Waals surface area contributed by atoms with Crippen molar-refractivity contribution in [1.29, 1.82) is 0 Å². The standard InChI is InChI=1S/C16H24ClFN2O/c1-3-19-14(15-11-20(4-2)8-9-21-15)10-12-6-5-7-13(17)16(12)18/h5-7,14-15,19H,3-4,8-11H2,1-2H3. The highest BCUT2D eigenvalue weighted by Gasteiger charge is 2.28. The summed E-state index contributed by atoms with van der Waals surface area (Å²) in [6.45, 7) is 8.65. The van der Waals surface area contributed by atoms with Crippen molar-refractivity contribution in [1.82, 2.24) is 10.2 Å². The van der Waals surface area contributed by atoms with E-state index >= 15 is 0 Å². The highest BCUT2D eigenvalue weighted by Crippen LogP contribution is 2.21. The van der Waals surface area contributed by atoms with Crippen LogP contribution < -0.4 is 5.32 Å². The van der Waals surface area contributed by atoms with Crippen LogP contribution in [-0.2, 0) is 11.2 Å². The van der Waals surface area contributed by atoms with Gasteiger partial charge in [0.05, 0.1) is 17.7 Å². The molecule has 1 aliphatic rings. The molecular formula is C16H24ClFN2O. The van der Waals surface area contributed by atoms with Crippen LogP contribution in [-0.4, -0.2) is 49.8 Å². The lowest BCUT2D eigenvalue weighted by Crippen LogP contribution is -2.53. The van der Waals surface area contributed by atoms with E-state index in [-0.39, 0.29) is 23.0 Å². The van der Waals surface area contributed by atoms with Crippen LogP contribution in [0.25, 0.3) is 0 Å². The van der Waals surface area contributed by atoms with Crippen molar-refractivity contribution in [3.05, 3.63) is 34.6 Å². The van der Waals surface area contributed by atoms with Gasteiger partial charge in [-0.15, -0.1) is 0 Å². The lowest BCUT2D eigenvalue weighted by atomic mass is 9.99. The number of hydrogen-bond acceptors (Lipinski definition) is 3. The number of benzene rings is 1. The first-order chi connectivity index (χ1) is 10.2. The van der Waals surface area contributed by atoms with Gasteiger partial charge < -0.3 is 10.1 Å². The molecule has 0 aliphatic carbocycles. The number of nitrogens with one attached hydrogen (secondary N) is 1. The van der Waals surface area contributed by atoms with E-state index in [1.54, 1.807) is 18.2 Å². The maximum absolute atomic E-state index is 14.1. The molecule has 1 fully saturated rings. The van der Waals surface area contributed by atoms with Gasteiger partial charge in [-0.3, -0.25) is 4.90 Å². The number of likely N-dealkylation sites (N-methyl/N-ethyl adjacent to an activating group) is 2. The SMILES string of the molecule is CCNC(Cc1cccc(Cl)c1F)C1CN(CC)CCO1. The number of halogens is 2.